The zero-order valence-corrected chi connectivity index (χ0v) is 24.3. The molecular weight excluding hydrogens is 565 g/mol. The fourth-order valence-corrected chi connectivity index (χ4v) is 5.76. The number of ether oxygens (including phenoxy) is 1. The minimum Gasteiger partial charge on any atom is -0.477 e. The molecule has 0 saturated heterocycles. The van der Waals surface area contributed by atoms with Crippen LogP contribution in [0.4, 0.5) is 4.39 Å². The van der Waals surface area contributed by atoms with E-state index in [1.807, 2.05) is 6.92 Å². The Morgan fingerprint density at radius 1 is 1.14 bits per heavy atom. The van der Waals surface area contributed by atoms with Gasteiger partial charge in [0.25, 0.3) is 5.91 Å². The number of hydrogen-bond acceptors (Lipinski definition) is 7. The molecule has 1 aromatic carbocycles. The lowest BCUT2D eigenvalue weighted by atomic mass is 9.52. The van der Waals surface area contributed by atoms with Gasteiger partial charge in [0.1, 0.15) is 11.5 Å². The first-order valence-electron chi connectivity index (χ1n) is 13.5. The molecule has 0 radical (unpaired) electrons. The molecule has 3 aliphatic carbocycles. The molecule has 4 N–H and O–H groups in total. The number of carboxylic acid groups (broad SMARTS) is 1. The Kier molecular flexibility index (Phi) is 11.6. The smallest absolute Gasteiger partial charge is 0.354 e. The van der Waals surface area contributed by atoms with Crippen LogP contribution in [0.25, 0.3) is 5.65 Å². The van der Waals surface area contributed by atoms with E-state index in [2.05, 4.69) is 22.3 Å². The maximum atomic E-state index is 13.2. The van der Waals surface area contributed by atoms with Crippen molar-refractivity contribution in [2.75, 3.05) is 6.61 Å². The van der Waals surface area contributed by atoms with Crippen molar-refractivity contribution in [2.24, 2.45) is 16.6 Å². The number of halogens is 2. The standard InChI is InChI=1S/C16H13FN4O3.C13H23NO2.CH4.ClH/c1-9-6-10(2-3-11(9)17)8-18-15(22)12-7-13(16(23)24)21-14(20-12)4-5-19-21;1-3-16-11(15)13-7-4-12(5-8-13,6-9-13)10(2)14;;/h2-7H,8H2,1H3,(H,18,22)(H,23,24);10H,3-9,14H2,1-2H3;1H4;1H. The molecule has 10 nitrogen and oxygen atoms in total. The number of aromatic carboxylic acids is 1. The van der Waals surface area contributed by atoms with Gasteiger partial charge in [0.2, 0.25) is 0 Å². The van der Waals surface area contributed by atoms with Crippen LogP contribution in [0.1, 0.15) is 91.9 Å². The number of aromatic nitrogens is 3. The number of nitrogens with one attached hydrogen (secondary N) is 1. The summed E-state index contributed by atoms with van der Waals surface area (Å²) in [5, 5.41) is 15.7. The average Bonchev–Trinajstić information content (AvgIpc) is 3.43. The Labute approximate surface area is 251 Å². The third-order valence-electron chi connectivity index (χ3n) is 8.47. The van der Waals surface area contributed by atoms with Gasteiger partial charge in [-0.05, 0) is 81.9 Å². The first kappa shape index (κ1) is 34.6. The number of hydrogen-bond donors (Lipinski definition) is 3. The Morgan fingerprint density at radius 3 is 2.33 bits per heavy atom. The topological polar surface area (TPSA) is 149 Å². The molecule has 6 rings (SSSR count). The highest BCUT2D eigenvalue weighted by Crippen LogP contribution is 2.58. The highest BCUT2D eigenvalue weighted by molar-refractivity contribution is 5.96. The van der Waals surface area contributed by atoms with Gasteiger partial charge in [-0.25, -0.2) is 18.7 Å². The Bertz CT molecular complexity index is 1400. The van der Waals surface area contributed by atoms with Gasteiger partial charge in [-0.15, -0.1) is 12.4 Å². The first-order chi connectivity index (χ1) is 19.0. The lowest BCUT2D eigenvalue weighted by Crippen LogP contribution is -2.52. The summed E-state index contributed by atoms with van der Waals surface area (Å²) < 4.78 is 19.6. The third kappa shape index (κ3) is 7.07. The van der Waals surface area contributed by atoms with E-state index >= 15 is 0 Å². The quantitative estimate of drug-likeness (QED) is 0.315. The van der Waals surface area contributed by atoms with Gasteiger partial charge >= 0.3 is 11.9 Å². The molecule has 1 atom stereocenters. The summed E-state index contributed by atoms with van der Waals surface area (Å²) in [6, 6.07) is 7.45. The second kappa shape index (κ2) is 14.1. The van der Waals surface area contributed by atoms with Gasteiger partial charge in [0.15, 0.2) is 11.3 Å². The summed E-state index contributed by atoms with van der Waals surface area (Å²) in [7, 11) is 0. The van der Waals surface area contributed by atoms with Crippen molar-refractivity contribution in [2.45, 2.75) is 79.3 Å². The summed E-state index contributed by atoms with van der Waals surface area (Å²) in [6.07, 6.45) is 7.64. The van der Waals surface area contributed by atoms with Crippen LogP contribution >= 0.6 is 12.4 Å². The fraction of sp³-hybridized carbons (Fsp3) is 0.500. The van der Waals surface area contributed by atoms with Crippen molar-refractivity contribution in [1.82, 2.24) is 19.9 Å². The maximum absolute atomic E-state index is 13.2. The van der Waals surface area contributed by atoms with Crippen LogP contribution in [-0.4, -0.2) is 50.2 Å². The SMILES string of the molecule is C.CCOC(=O)C12CCC(C(C)N)(CC1)CC2.Cc1cc(CNC(=O)c2cc(C(=O)O)n3nccc3n2)ccc1F.Cl. The number of nitrogens with zero attached hydrogens (tertiary/aromatic N) is 3. The number of amides is 1. The van der Waals surface area contributed by atoms with E-state index < -0.39 is 11.9 Å². The number of aryl methyl sites for hydroxylation is 1. The van der Waals surface area contributed by atoms with Crippen molar-refractivity contribution in [3.8, 4) is 0 Å². The number of carbonyl (C=O) groups is 3. The van der Waals surface area contributed by atoms with E-state index in [0.717, 1.165) is 54.7 Å². The molecule has 2 bridgehead atoms. The zero-order valence-electron chi connectivity index (χ0n) is 23.5. The lowest BCUT2D eigenvalue weighted by Gasteiger charge is -2.53. The summed E-state index contributed by atoms with van der Waals surface area (Å²) in [5.41, 5.74) is 7.53. The van der Waals surface area contributed by atoms with Crippen molar-refractivity contribution >= 4 is 35.9 Å². The molecule has 3 aliphatic rings. The second-order valence-corrected chi connectivity index (χ2v) is 10.9. The lowest BCUT2D eigenvalue weighted by molar-refractivity contribution is -0.166. The van der Waals surface area contributed by atoms with E-state index in [0.29, 0.717) is 17.6 Å². The monoisotopic (exact) mass is 605 g/mol. The average molecular weight is 606 g/mol. The van der Waals surface area contributed by atoms with Gasteiger partial charge < -0.3 is 20.9 Å². The fourth-order valence-electron chi connectivity index (χ4n) is 5.76. The van der Waals surface area contributed by atoms with Gasteiger partial charge in [0, 0.05) is 24.7 Å². The number of esters is 1. The molecule has 0 aliphatic heterocycles. The van der Waals surface area contributed by atoms with E-state index in [1.165, 1.54) is 18.3 Å². The molecule has 230 valence electrons. The summed E-state index contributed by atoms with van der Waals surface area (Å²) in [4.78, 5) is 39.6. The molecule has 2 aromatic heterocycles. The van der Waals surface area contributed by atoms with Crippen LogP contribution in [0.2, 0.25) is 0 Å². The number of nitrogens with two attached hydrogens (primary N) is 1. The Morgan fingerprint density at radius 2 is 1.79 bits per heavy atom. The van der Waals surface area contributed by atoms with Crippen LogP contribution in [0.5, 0.6) is 0 Å². The highest BCUT2D eigenvalue weighted by Gasteiger charge is 2.54. The molecule has 2 heterocycles. The van der Waals surface area contributed by atoms with Crippen LogP contribution in [0.15, 0.2) is 36.5 Å². The van der Waals surface area contributed by atoms with Crippen molar-refractivity contribution in [1.29, 1.82) is 0 Å². The molecule has 3 fully saturated rings. The molecule has 3 aromatic rings. The predicted molar refractivity (Wildman–Crippen MR) is 159 cm³/mol. The zero-order chi connectivity index (χ0) is 29.1. The van der Waals surface area contributed by atoms with Gasteiger partial charge in [0.05, 0.1) is 18.2 Å². The normalized spacial score (nSPS) is 21.2. The van der Waals surface area contributed by atoms with Crippen molar-refractivity contribution in [3.63, 3.8) is 0 Å². The number of rotatable bonds is 7. The van der Waals surface area contributed by atoms with Gasteiger partial charge in [-0.1, -0.05) is 19.6 Å². The summed E-state index contributed by atoms with van der Waals surface area (Å²) >= 11 is 0. The molecule has 42 heavy (non-hydrogen) atoms. The molecule has 12 heteroatoms. The third-order valence-corrected chi connectivity index (χ3v) is 8.47. The summed E-state index contributed by atoms with van der Waals surface area (Å²) in [6.45, 7) is 6.30. The highest BCUT2D eigenvalue weighted by atomic mass is 35.5. The number of benzene rings is 1. The number of carboxylic acids is 1. The van der Waals surface area contributed by atoms with Crippen LogP contribution < -0.4 is 11.1 Å². The van der Waals surface area contributed by atoms with Crippen LogP contribution in [0, 0.1) is 23.6 Å². The Balaban J connectivity index is 0.000000301. The van der Waals surface area contributed by atoms with Crippen molar-refractivity contribution in [3.05, 3.63) is 64.9 Å². The van der Waals surface area contributed by atoms with Crippen LogP contribution in [0.3, 0.4) is 0 Å². The minimum absolute atomic E-state index is 0. The van der Waals surface area contributed by atoms with E-state index in [1.54, 1.807) is 19.1 Å². The number of carbonyl (C=O) groups excluding carboxylic acids is 2. The van der Waals surface area contributed by atoms with Crippen molar-refractivity contribution < 1.29 is 28.6 Å². The van der Waals surface area contributed by atoms with Crippen LogP contribution in [-0.2, 0) is 16.1 Å². The molecule has 0 spiro atoms. The molecular formula is C30H41ClFN5O5. The number of fused-ring (bicyclic) bond motifs is 4. The van der Waals surface area contributed by atoms with Gasteiger partial charge in [-0.2, -0.15) is 5.10 Å². The first-order valence-corrected chi connectivity index (χ1v) is 13.5. The molecule has 1 amide bonds. The second-order valence-electron chi connectivity index (χ2n) is 10.9. The van der Waals surface area contributed by atoms with E-state index in [4.69, 9.17) is 10.5 Å². The van der Waals surface area contributed by atoms with Gasteiger partial charge in [-0.3, -0.25) is 9.59 Å². The predicted octanol–water partition coefficient (Wildman–Crippen LogP) is 5.10. The molecule has 1 unspecified atom stereocenters. The Hall–Kier alpha value is -3.57. The molecule has 3 saturated carbocycles. The maximum Gasteiger partial charge on any atom is 0.354 e. The largest absolute Gasteiger partial charge is 0.477 e. The minimum atomic E-state index is -1.21. The van der Waals surface area contributed by atoms with E-state index in [-0.39, 0.29) is 66.7 Å². The summed E-state index contributed by atoms with van der Waals surface area (Å²) in [5.74, 6) is -2.02. The van der Waals surface area contributed by atoms with E-state index in [9.17, 15) is 23.9 Å².